The van der Waals surface area contributed by atoms with E-state index in [9.17, 15) is 13.2 Å². The quantitative estimate of drug-likeness (QED) is 0.246. The molecular weight excluding hydrogens is 546 g/mol. The summed E-state index contributed by atoms with van der Waals surface area (Å²) in [5.41, 5.74) is 2.80. The Balaban J connectivity index is 0.00000306. The monoisotopic (exact) mass is 571 g/mol. The molecular formula is C23H25F3IN5O. The van der Waals surface area contributed by atoms with Crippen LogP contribution in [0.1, 0.15) is 29.0 Å². The lowest BCUT2D eigenvalue weighted by Crippen LogP contribution is -2.38. The first-order valence-electron chi connectivity index (χ1n) is 10.3. The lowest BCUT2D eigenvalue weighted by atomic mass is 10.1. The molecule has 1 aliphatic carbocycles. The third-order valence-electron chi connectivity index (χ3n) is 5.34. The molecule has 1 fully saturated rings. The van der Waals surface area contributed by atoms with E-state index < -0.39 is 6.36 Å². The van der Waals surface area contributed by atoms with E-state index in [0.29, 0.717) is 31.0 Å². The third kappa shape index (κ3) is 6.86. The molecule has 0 amide bonds. The summed E-state index contributed by atoms with van der Waals surface area (Å²) >= 11 is 0. The van der Waals surface area contributed by atoms with Crippen LogP contribution in [0.2, 0.25) is 0 Å². The first-order valence-corrected chi connectivity index (χ1v) is 10.3. The Morgan fingerprint density at radius 1 is 1.12 bits per heavy atom. The lowest BCUT2D eigenvalue weighted by Gasteiger charge is -2.15. The summed E-state index contributed by atoms with van der Waals surface area (Å²) in [4.78, 5) is 4.26. The number of halogens is 4. The predicted molar refractivity (Wildman–Crippen MR) is 131 cm³/mol. The van der Waals surface area contributed by atoms with Crippen molar-refractivity contribution in [2.45, 2.75) is 37.8 Å². The number of nitrogens with zero attached hydrogens (tertiary/aromatic N) is 3. The number of alkyl halides is 3. The van der Waals surface area contributed by atoms with Gasteiger partial charge in [-0.25, -0.2) is 0 Å². The zero-order chi connectivity index (χ0) is 22.6. The normalized spacial score (nSPS) is 17.8. The second-order valence-corrected chi connectivity index (χ2v) is 7.58. The molecule has 0 bridgehead atoms. The average molecular weight is 571 g/mol. The fourth-order valence-electron chi connectivity index (χ4n) is 3.70. The number of aromatic nitrogens is 2. The van der Waals surface area contributed by atoms with Gasteiger partial charge in [-0.05, 0) is 35.2 Å². The second kappa shape index (κ2) is 10.9. The minimum atomic E-state index is -4.71. The van der Waals surface area contributed by atoms with Crippen molar-refractivity contribution in [1.29, 1.82) is 0 Å². The number of para-hydroxylation sites is 1. The van der Waals surface area contributed by atoms with E-state index in [0.717, 1.165) is 11.1 Å². The Morgan fingerprint density at radius 2 is 1.85 bits per heavy atom. The standard InChI is InChI=1S/C23H24F3N5O.HI/c1-27-22(28-14-16-7-2-3-8-17(16)15-31-12-6-11-29-31)30-20-13-19(20)18-9-4-5-10-21(18)32-23(24,25)26;/h2-12,19-20H,13-15H2,1H3,(H2,27,28,30);1H. The van der Waals surface area contributed by atoms with E-state index in [2.05, 4.69) is 31.5 Å². The van der Waals surface area contributed by atoms with Crippen LogP contribution in [0.4, 0.5) is 13.2 Å². The van der Waals surface area contributed by atoms with Gasteiger partial charge < -0.3 is 15.4 Å². The molecule has 2 atom stereocenters. The van der Waals surface area contributed by atoms with Crippen LogP contribution in [0.5, 0.6) is 5.75 Å². The summed E-state index contributed by atoms with van der Waals surface area (Å²) in [6, 6.07) is 16.2. The summed E-state index contributed by atoms with van der Waals surface area (Å²) in [6.45, 7) is 1.22. The molecule has 2 unspecified atom stereocenters. The van der Waals surface area contributed by atoms with E-state index in [1.165, 1.54) is 12.1 Å². The number of nitrogens with one attached hydrogen (secondary N) is 2. The van der Waals surface area contributed by atoms with Gasteiger partial charge in [-0.1, -0.05) is 42.5 Å². The number of guanidine groups is 1. The molecule has 10 heteroatoms. The second-order valence-electron chi connectivity index (χ2n) is 7.58. The first kappa shape index (κ1) is 24.9. The largest absolute Gasteiger partial charge is 0.573 e. The van der Waals surface area contributed by atoms with Crippen molar-refractivity contribution in [2.24, 2.45) is 4.99 Å². The number of hydrogen-bond donors (Lipinski definition) is 2. The highest BCUT2D eigenvalue weighted by molar-refractivity contribution is 14.0. The first-order chi connectivity index (χ1) is 15.4. The van der Waals surface area contributed by atoms with Gasteiger partial charge in [-0.2, -0.15) is 5.10 Å². The maximum atomic E-state index is 12.7. The zero-order valence-electron chi connectivity index (χ0n) is 17.9. The zero-order valence-corrected chi connectivity index (χ0v) is 20.2. The molecule has 2 N–H and O–H groups in total. The Kier molecular flexibility index (Phi) is 8.22. The number of aliphatic imine (C=N–C) groups is 1. The fourth-order valence-corrected chi connectivity index (χ4v) is 3.70. The molecule has 1 aromatic heterocycles. The molecule has 1 saturated carbocycles. The van der Waals surface area contributed by atoms with Gasteiger partial charge >= 0.3 is 6.36 Å². The van der Waals surface area contributed by atoms with Crippen molar-refractivity contribution >= 4 is 29.9 Å². The molecule has 4 rings (SSSR count). The van der Waals surface area contributed by atoms with Crippen LogP contribution in [-0.4, -0.2) is 35.2 Å². The van der Waals surface area contributed by atoms with E-state index in [1.54, 1.807) is 25.4 Å². The Morgan fingerprint density at radius 3 is 2.55 bits per heavy atom. The third-order valence-corrected chi connectivity index (χ3v) is 5.34. The van der Waals surface area contributed by atoms with Crippen LogP contribution >= 0.6 is 24.0 Å². The van der Waals surface area contributed by atoms with Crippen molar-refractivity contribution < 1.29 is 17.9 Å². The highest BCUT2D eigenvalue weighted by Gasteiger charge is 2.42. The van der Waals surface area contributed by atoms with Gasteiger partial charge in [-0.3, -0.25) is 9.67 Å². The SMILES string of the molecule is CN=C(NCc1ccccc1Cn1cccn1)NC1CC1c1ccccc1OC(F)(F)F.I. The van der Waals surface area contributed by atoms with Crippen molar-refractivity contribution in [3.05, 3.63) is 83.7 Å². The highest BCUT2D eigenvalue weighted by atomic mass is 127. The summed E-state index contributed by atoms with van der Waals surface area (Å²) in [7, 11) is 1.67. The Hall–Kier alpha value is -2.76. The molecule has 1 heterocycles. The van der Waals surface area contributed by atoms with Crippen LogP contribution in [0.15, 0.2) is 72.0 Å². The van der Waals surface area contributed by atoms with Gasteiger partial charge in [0.2, 0.25) is 0 Å². The summed E-state index contributed by atoms with van der Waals surface area (Å²) in [5, 5.41) is 10.9. The number of rotatable bonds is 7. The van der Waals surface area contributed by atoms with Crippen LogP contribution in [-0.2, 0) is 13.1 Å². The smallest absolute Gasteiger partial charge is 0.405 e. The van der Waals surface area contributed by atoms with Gasteiger partial charge in [0, 0.05) is 37.9 Å². The maximum absolute atomic E-state index is 12.7. The number of benzene rings is 2. The van der Waals surface area contributed by atoms with Gasteiger partial charge in [-0.15, -0.1) is 37.1 Å². The highest BCUT2D eigenvalue weighted by Crippen LogP contribution is 2.45. The summed E-state index contributed by atoms with van der Waals surface area (Å²) in [5.74, 6) is 0.379. The molecule has 0 aliphatic heterocycles. The van der Waals surface area contributed by atoms with Crippen LogP contribution < -0.4 is 15.4 Å². The molecule has 0 saturated heterocycles. The van der Waals surface area contributed by atoms with E-state index >= 15 is 0 Å². The lowest BCUT2D eigenvalue weighted by molar-refractivity contribution is -0.274. The maximum Gasteiger partial charge on any atom is 0.573 e. The van der Waals surface area contributed by atoms with Gasteiger partial charge in [0.15, 0.2) is 5.96 Å². The Bertz CT molecular complexity index is 1070. The van der Waals surface area contributed by atoms with E-state index in [1.807, 2.05) is 35.1 Å². The van der Waals surface area contributed by atoms with Gasteiger partial charge in [0.25, 0.3) is 0 Å². The van der Waals surface area contributed by atoms with Crippen LogP contribution in [0.3, 0.4) is 0 Å². The van der Waals surface area contributed by atoms with E-state index in [4.69, 9.17) is 0 Å². The molecule has 0 spiro atoms. The molecule has 0 radical (unpaired) electrons. The minimum Gasteiger partial charge on any atom is -0.405 e. The molecule has 2 aromatic carbocycles. The minimum absolute atomic E-state index is 0. The van der Waals surface area contributed by atoms with Gasteiger partial charge in [0.05, 0.1) is 6.54 Å². The van der Waals surface area contributed by atoms with Crippen LogP contribution in [0.25, 0.3) is 0 Å². The summed E-state index contributed by atoms with van der Waals surface area (Å²) < 4.78 is 44.2. The molecule has 1 aliphatic rings. The number of hydrogen-bond acceptors (Lipinski definition) is 3. The number of ether oxygens (including phenoxy) is 1. The Labute approximate surface area is 207 Å². The van der Waals surface area contributed by atoms with Crippen molar-refractivity contribution in [3.8, 4) is 5.75 Å². The van der Waals surface area contributed by atoms with Crippen molar-refractivity contribution in [2.75, 3.05) is 7.05 Å². The topological polar surface area (TPSA) is 63.5 Å². The van der Waals surface area contributed by atoms with Crippen LogP contribution in [0, 0.1) is 0 Å². The van der Waals surface area contributed by atoms with E-state index in [-0.39, 0.29) is 41.7 Å². The van der Waals surface area contributed by atoms with Crippen molar-refractivity contribution in [3.63, 3.8) is 0 Å². The van der Waals surface area contributed by atoms with Gasteiger partial charge in [0.1, 0.15) is 5.75 Å². The molecule has 33 heavy (non-hydrogen) atoms. The average Bonchev–Trinajstić information content (AvgIpc) is 3.33. The summed E-state index contributed by atoms with van der Waals surface area (Å²) in [6.07, 6.45) is -0.348. The fraction of sp³-hybridized carbons (Fsp3) is 0.304. The predicted octanol–water partition coefficient (Wildman–Crippen LogP) is 4.67. The van der Waals surface area contributed by atoms with Crippen molar-refractivity contribution in [1.82, 2.24) is 20.4 Å². The molecule has 6 nitrogen and oxygen atoms in total. The molecule has 176 valence electrons. The molecule has 3 aromatic rings.